The van der Waals surface area contributed by atoms with Crippen molar-refractivity contribution in [2.24, 2.45) is 5.73 Å². The lowest BCUT2D eigenvalue weighted by Gasteiger charge is -2.15. The molecule has 1 aromatic carbocycles. The van der Waals surface area contributed by atoms with Crippen LogP contribution >= 0.6 is 0 Å². The summed E-state index contributed by atoms with van der Waals surface area (Å²) in [6.45, 7) is 9.32. The first-order valence-corrected chi connectivity index (χ1v) is 7.14. The van der Waals surface area contributed by atoms with E-state index in [1.807, 2.05) is 12.3 Å². The molecule has 2 rings (SSSR count). The van der Waals surface area contributed by atoms with Crippen LogP contribution in [0.25, 0.3) is 11.3 Å². The Morgan fingerprint density at radius 2 is 1.70 bits per heavy atom. The number of nitrogens with two attached hydrogens (primary N) is 1. The van der Waals surface area contributed by atoms with E-state index in [0.29, 0.717) is 6.54 Å². The molecule has 106 valence electrons. The van der Waals surface area contributed by atoms with Crippen LogP contribution in [-0.2, 0) is 6.42 Å². The molecule has 0 aliphatic carbocycles. The van der Waals surface area contributed by atoms with Crippen LogP contribution in [0.15, 0.2) is 18.3 Å². The van der Waals surface area contributed by atoms with E-state index in [1.165, 1.54) is 27.8 Å². The Hall–Kier alpha value is -1.74. The number of nitrogens with zero attached hydrogens (tertiary/aromatic N) is 2. The van der Waals surface area contributed by atoms with Crippen molar-refractivity contribution in [3.63, 3.8) is 0 Å². The fourth-order valence-corrected chi connectivity index (χ4v) is 2.52. The van der Waals surface area contributed by atoms with E-state index in [2.05, 4.69) is 38.7 Å². The summed E-state index contributed by atoms with van der Waals surface area (Å²) in [5, 5.41) is 0. The summed E-state index contributed by atoms with van der Waals surface area (Å²) in [7, 11) is 0. The zero-order chi connectivity index (χ0) is 14.7. The average Bonchev–Trinajstić information content (AvgIpc) is 2.44. The van der Waals surface area contributed by atoms with E-state index in [9.17, 15) is 0 Å². The van der Waals surface area contributed by atoms with Gasteiger partial charge in [0.15, 0.2) is 0 Å². The number of hydrogen-bond acceptors (Lipinski definition) is 3. The summed E-state index contributed by atoms with van der Waals surface area (Å²) < 4.78 is 0. The van der Waals surface area contributed by atoms with Crippen LogP contribution in [0.3, 0.4) is 0 Å². The van der Waals surface area contributed by atoms with Crippen molar-refractivity contribution in [3.8, 4) is 11.3 Å². The van der Waals surface area contributed by atoms with E-state index in [1.54, 1.807) is 0 Å². The number of benzene rings is 1. The molecule has 0 bridgehead atoms. The lowest BCUT2D eigenvalue weighted by molar-refractivity contribution is 0.781. The first-order valence-electron chi connectivity index (χ1n) is 7.14. The van der Waals surface area contributed by atoms with E-state index < -0.39 is 0 Å². The van der Waals surface area contributed by atoms with Crippen LogP contribution in [0.2, 0.25) is 0 Å². The molecular formula is C17H23N3. The van der Waals surface area contributed by atoms with Gasteiger partial charge in [0.2, 0.25) is 0 Å². The molecule has 0 saturated carbocycles. The van der Waals surface area contributed by atoms with Crippen LogP contribution in [0, 0.1) is 27.7 Å². The molecule has 0 radical (unpaired) electrons. The molecule has 1 heterocycles. The third kappa shape index (κ3) is 2.88. The van der Waals surface area contributed by atoms with Gasteiger partial charge in [0.05, 0.1) is 5.69 Å². The van der Waals surface area contributed by atoms with Crippen molar-refractivity contribution in [3.05, 3.63) is 46.4 Å². The second kappa shape index (κ2) is 6.14. The molecule has 0 spiro atoms. The highest BCUT2D eigenvalue weighted by Gasteiger charge is 2.12. The maximum absolute atomic E-state index is 5.56. The Bertz CT molecular complexity index is 592. The second-order valence-electron chi connectivity index (χ2n) is 5.39. The molecule has 0 aliphatic heterocycles. The monoisotopic (exact) mass is 269 g/mol. The summed E-state index contributed by atoms with van der Waals surface area (Å²) in [6.07, 6.45) is 3.62. The molecule has 3 heteroatoms. The molecule has 0 fully saturated rings. The molecule has 0 aliphatic rings. The highest BCUT2D eigenvalue weighted by atomic mass is 14.9. The molecule has 0 saturated heterocycles. The van der Waals surface area contributed by atoms with Gasteiger partial charge in [-0.2, -0.15) is 0 Å². The number of hydrogen-bond donors (Lipinski definition) is 1. The van der Waals surface area contributed by atoms with Gasteiger partial charge >= 0.3 is 0 Å². The molecule has 0 amide bonds. The molecular weight excluding hydrogens is 246 g/mol. The van der Waals surface area contributed by atoms with Crippen LogP contribution in [0.5, 0.6) is 0 Å². The average molecular weight is 269 g/mol. The zero-order valence-corrected chi connectivity index (χ0v) is 12.8. The fraction of sp³-hybridized carbons (Fsp3) is 0.412. The Balaban J connectivity index is 2.51. The number of aromatic nitrogens is 2. The van der Waals surface area contributed by atoms with Gasteiger partial charge in [-0.25, -0.2) is 9.97 Å². The molecule has 2 aromatic rings. The van der Waals surface area contributed by atoms with Crippen molar-refractivity contribution >= 4 is 0 Å². The van der Waals surface area contributed by atoms with Gasteiger partial charge in [-0.1, -0.05) is 6.07 Å². The Labute approximate surface area is 121 Å². The summed E-state index contributed by atoms with van der Waals surface area (Å²) in [5.41, 5.74) is 13.1. The van der Waals surface area contributed by atoms with E-state index in [4.69, 9.17) is 10.7 Å². The first kappa shape index (κ1) is 14.7. The predicted molar refractivity (Wildman–Crippen MR) is 83.8 cm³/mol. The van der Waals surface area contributed by atoms with Crippen LogP contribution in [-0.4, -0.2) is 16.5 Å². The predicted octanol–water partition coefficient (Wildman–Crippen LogP) is 3.27. The van der Waals surface area contributed by atoms with Crippen molar-refractivity contribution in [2.45, 2.75) is 40.5 Å². The fourth-order valence-electron chi connectivity index (χ4n) is 2.52. The second-order valence-corrected chi connectivity index (χ2v) is 5.39. The van der Waals surface area contributed by atoms with Crippen molar-refractivity contribution in [1.82, 2.24) is 9.97 Å². The lowest BCUT2D eigenvalue weighted by Crippen LogP contribution is -2.04. The minimum Gasteiger partial charge on any atom is -0.330 e. The summed E-state index contributed by atoms with van der Waals surface area (Å²) in [6, 6.07) is 4.24. The van der Waals surface area contributed by atoms with E-state index >= 15 is 0 Å². The number of aryl methyl sites for hydroxylation is 3. The van der Waals surface area contributed by atoms with E-state index in [0.717, 1.165) is 24.4 Å². The van der Waals surface area contributed by atoms with Crippen molar-refractivity contribution < 1.29 is 0 Å². The number of rotatable bonds is 4. The Morgan fingerprint density at radius 1 is 1.05 bits per heavy atom. The van der Waals surface area contributed by atoms with Crippen molar-refractivity contribution in [1.29, 1.82) is 0 Å². The summed E-state index contributed by atoms with van der Waals surface area (Å²) >= 11 is 0. The SMILES string of the molecule is Cc1cc(C)c(C)c(-c2ccnc(CCCN)n2)c1C. The third-order valence-electron chi connectivity index (χ3n) is 3.93. The Kier molecular flexibility index (Phi) is 4.50. The lowest BCUT2D eigenvalue weighted by atomic mass is 9.92. The largest absolute Gasteiger partial charge is 0.330 e. The minimum absolute atomic E-state index is 0.676. The highest BCUT2D eigenvalue weighted by Crippen LogP contribution is 2.30. The Morgan fingerprint density at radius 3 is 2.30 bits per heavy atom. The quantitative estimate of drug-likeness (QED) is 0.926. The van der Waals surface area contributed by atoms with Gasteiger partial charge in [0, 0.05) is 18.2 Å². The molecule has 2 N–H and O–H groups in total. The highest BCUT2D eigenvalue weighted by molar-refractivity contribution is 5.70. The zero-order valence-electron chi connectivity index (χ0n) is 12.8. The maximum Gasteiger partial charge on any atom is 0.128 e. The molecule has 0 atom stereocenters. The van der Waals surface area contributed by atoms with Crippen molar-refractivity contribution in [2.75, 3.05) is 6.54 Å². The van der Waals surface area contributed by atoms with Gasteiger partial charge in [-0.15, -0.1) is 0 Å². The normalized spacial score (nSPS) is 10.8. The van der Waals surface area contributed by atoms with Gasteiger partial charge in [-0.3, -0.25) is 0 Å². The molecule has 20 heavy (non-hydrogen) atoms. The summed E-state index contributed by atoms with van der Waals surface area (Å²) in [4.78, 5) is 9.06. The smallest absolute Gasteiger partial charge is 0.128 e. The van der Waals surface area contributed by atoms with Gasteiger partial charge in [-0.05, 0) is 69.0 Å². The topological polar surface area (TPSA) is 51.8 Å². The van der Waals surface area contributed by atoms with Crippen LogP contribution < -0.4 is 5.73 Å². The molecule has 0 unspecified atom stereocenters. The van der Waals surface area contributed by atoms with Gasteiger partial charge in [0.25, 0.3) is 0 Å². The standard InChI is InChI=1S/C17H23N3/c1-11-10-12(2)14(4)17(13(11)3)15-7-9-19-16(20-15)6-5-8-18/h7,9-10H,5-6,8,18H2,1-4H3. The first-order chi connectivity index (χ1) is 9.54. The minimum atomic E-state index is 0.676. The summed E-state index contributed by atoms with van der Waals surface area (Å²) in [5.74, 6) is 0.880. The van der Waals surface area contributed by atoms with E-state index in [-0.39, 0.29) is 0 Å². The maximum atomic E-state index is 5.56. The van der Waals surface area contributed by atoms with Gasteiger partial charge in [0.1, 0.15) is 5.82 Å². The molecule has 1 aromatic heterocycles. The van der Waals surface area contributed by atoms with Gasteiger partial charge < -0.3 is 5.73 Å². The third-order valence-corrected chi connectivity index (χ3v) is 3.93. The molecule has 3 nitrogen and oxygen atoms in total. The van der Waals surface area contributed by atoms with Crippen LogP contribution in [0.1, 0.15) is 34.5 Å². The van der Waals surface area contributed by atoms with Crippen LogP contribution in [0.4, 0.5) is 0 Å².